The van der Waals surface area contributed by atoms with Crippen LogP contribution < -0.4 is 15.4 Å². The number of anilines is 1. The third-order valence-electron chi connectivity index (χ3n) is 6.59. The summed E-state index contributed by atoms with van der Waals surface area (Å²) in [4.78, 5) is 25.2. The van der Waals surface area contributed by atoms with Gasteiger partial charge in [-0.1, -0.05) is 36.4 Å². The summed E-state index contributed by atoms with van der Waals surface area (Å²) in [6.45, 7) is 2.03. The first kappa shape index (κ1) is 22.5. The van der Waals surface area contributed by atoms with E-state index < -0.39 is 23.4 Å². The van der Waals surface area contributed by atoms with Crippen LogP contribution in [0.15, 0.2) is 71.2 Å². The zero-order valence-corrected chi connectivity index (χ0v) is 19.7. The largest absolute Gasteiger partial charge is 0.488 e. The Balaban J connectivity index is 1.47. The van der Waals surface area contributed by atoms with E-state index >= 15 is 0 Å². The Morgan fingerprint density at radius 2 is 1.94 bits per heavy atom. The minimum absolute atomic E-state index is 0.175. The average Bonchev–Trinajstić information content (AvgIpc) is 3.27. The number of carbonyl (C=O) groups excluding carboxylic acids is 1. The van der Waals surface area contributed by atoms with Crippen LogP contribution in [0.1, 0.15) is 29.5 Å². The van der Waals surface area contributed by atoms with Gasteiger partial charge in [-0.25, -0.2) is 4.39 Å². The molecule has 7 nitrogen and oxygen atoms in total. The number of nitrogens with one attached hydrogen (secondary N) is 2. The summed E-state index contributed by atoms with van der Waals surface area (Å²) < 4.78 is 19.9. The fraction of sp³-hybridized carbons (Fsp3) is 0.240. The molecule has 1 fully saturated rings. The summed E-state index contributed by atoms with van der Waals surface area (Å²) in [6.07, 6.45) is 0. The van der Waals surface area contributed by atoms with E-state index in [1.165, 1.54) is 12.1 Å². The summed E-state index contributed by atoms with van der Waals surface area (Å²) in [5.41, 5.74) is 1.11. The average molecular weight is 526 g/mol. The Kier molecular flexibility index (Phi) is 5.61. The summed E-state index contributed by atoms with van der Waals surface area (Å²) in [7, 11) is 0. The Morgan fingerprint density at radius 1 is 1.15 bits per heavy atom. The molecule has 3 aromatic carbocycles. The van der Waals surface area contributed by atoms with Crippen LogP contribution in [0, 0.1) is 15.9 Å². The predicted molar refractivity (Wildman–Crippen MR) is 128 cm³/mol. The number of fused-ring (bicyclic) bond motifs is 2. The molecular weight excluding hydrogens is 505 g/mol. The minimum atomic E-state index is -1.46. The van der Waals surface area contributed by atoms with E-state index in [-0.39, 0.29) is 23.4 Å². The highest BCUT2D eigenvalue weighted by molar-refractivity contribution is 9.10. The van der Waals surface area contributed by atoms with Crippen molar-refractivity contribution in [3.8, 4) is 5.75 Å². The van der Waals surface area contributed by atoms with Gasteiger partial charge in [0.05, 0.1) is 10.4 Å². The number of hydrogen-bond donors (Lipinski definition) is 2. The van der Waals surface area contributed by atoms with Crippen molar-refractivity contribution in [1.29, 1.82) is 0 Å². The second kappa shape index (κ2) is 8.48. The molecule has 2 aliphatic heterocycles. The van der Waals surface area contributed by atoms with E-state index in [1.807, 2.05) is 6.92 Å². The number of rotatable bonds is 5. The normalized spacial score (nSPS) is 25.3. The van der Waals surface area contributed by atoms with E-state index in [9.17, 15) is 19.3 Å². The van der Waals surface area contributed by atoms with Crippen LogP contribution in [0.5, 0.6) is 5.75 Å². The monoisotopic (exact) mass is 525 g/mol. The van der Waals surface area contributed by atoms with Crippen molar-refractivity contribution in [2.75, 3.05) is 5.32 Å². The standard InChI is InChI=1S/C25H21BrFN3O4/c1-14-22(16-9-10-21(19(26)12-16)34-13-15-5-4-6-17(27)11-15)23(30(32)33)25(29-14)18-7-2-3-8-20(18)28-24(25)31/h2-12,14,22-23,29H,13H2,1H3,(H,28,31)/t14-,22+,23-,25-/m0/s1. The molecule has 1 amide bonds. The number of benzene rings is 3. The van der Waals surface area contributed by atoms with Crippen LogP contribution in [0.2, 0.25) is 0 Å². The second-order valence-corrected chi connectivity index (χ2v) is 9.46. The van der Waals surface area contributed by atoms with Gasteiger partial charge in [0.2, 0.25) is 0 Å². The lowest BCUT2D eigenvalue weighted by Crippen LogP contribution is -2.54. The number of ether oxygens (including phenoxy) is 1. The summed E-state index contributed by atoms with van der Waals surface area (Å²) in [5.74, 6) is -0.794. The predicted octanol–water partition coefficient (Wildman–Crippen LogP) is 4.74. The van der Waals surface area contributed by atoms with Crippen molar-refractivity contribution in [2.24, 2.45) is 0 Å². The lowest BCUT2D eigenvalue weighted by atomic mass is 9.78. The van der Waals surface area contributed by atoms with Gasteiger partial charge in [-0.15, -0.1) is 0 Å². The fourth-order valence-electron chi connectivity index (χ4n) is 5.18. The van der Waals surface area contributed by atoms with Crippen LogP contribution in [-0.2, 0) is 16.9 Å². The number of hydrogen-bond acceptors (Lipinski definition) is 5. The molecule has 0 aromatic heterocycles. The van der Waals surface area contributed by atoms with E-state index in [2.05, 4.69) is 26.6 Å². The summed E-state index contributed by atoms with van der Waals surface area (Å²) >= 11 is 3.50. The minimum Gasteiger partial charge on any atom is -0.488 e. The van der Waals surface area contributed by atoms with Crippen LogP contribution in [0.25, 0.3) is 0 Å². The Bertz CT molecular complexity index is 1300. The molecule has 4 atom stereocenters. The molecule has 174 valence electrons. The number of nitro groups is 1. The number of amides is 1. The van der Waals surface area contributed by atoms with E-state index in [4.69, 9.17) is 4.74 Å². The Hall–Kier alpha value is -3.30. The number of para-hydroxylation sites is 1. The fourth-order valence-corrected chi connectivity index (χ4v) is 5.69. The number of nitrogens with zero attached hydrogens (tertiary/aromatic N) is 1. The molecule has 2 aliphatic rings. The van der Waals surface area contributed by atoms with Gasteiger partial charge in [-0.2, -0.15) is 0 Å². The molecule has 0 saturated carbocycles. The highest BCUT2D eigenvalue weighted by atomic mass is 79.9. The maximum absolute atomic E-state index is 13.4. The van der Waals surface area contributed by atoms with Gasteiger partial charge in [0.25, 0.3) is 11.9 Å². The molecule has 3 aromatic rings. The highest BCUT2D eigenvalue weighted by Gasteiger charge is 2.67. The molecule has 2 heterocycles. The first-order valence-corrected chi connectivity index (χ1v) is 11.6. The molecule has 2 N–H and O–H groups in total. The molecule has 0 bridgehead atoms. The van der Waals surface area contributed by atoms with Crippen molar-refractivity contribution in [2.45, 2.75) is 37.1 Å². The zero-order chi connectivity index (χ0) is 24.0. The third-order valence-corrected chi connectivity index (χ3v) is 7.21. The Labute approximate surface area is 203 Å². The van der Waals surface area contributed by atoms with E-state index in [0.717, 1.165) is 0 Å². The lowest BCUT2D eigenvalue weighted by Gasteiger charge is -2.25. The topological polar surface area (TPSA) is 93.5 Å². The van der Waals surface area contributed by atoms with E-state index in [0.29, 0.717) is 32.6 Å². The van der Waals surface area contributed by atoms with Gasteiger partial charge in [0.15, 0.2) is 5.54 Å². The molecular formula is C25H21BrFN3O4. The van der Waals surface area contributed by atoms with Crippen molar-refractivity contribution in [1.82, 2.24) is 5.32 Å². The number of carbonyl (C=O) groups is 1. The molecule has 1 spiro atoms. The second-order valence-electron chi connectivity index (χ2n) is 8.61. The maximum Gasteiger partial charge on any atom is 0.256 e. The molecule has 0 aliphatic carbocycles. The van der Waals surface area contributed by atoms with Gasteiger partial charge >= 0.3 is 0 Å². The van der Waals surface area contributed by atoms with Crippen LogP contribution in [0.4, 0.5) is 10.1 Å². The molecule has 9 heteroatoms. The molecule has 0 unspecified atom stereocenters. The van der Waals surface area contributed by atoms with Crippen LogP contribution in [-0.4, -0.2) is 22.9 Å². The highest BCUT2D eigenvalue weighted by Crippen LogP contribution is 2.50. The van der Waals surface area contributed by atoms with Gasteiger partial charge < -0.3 is 10.1 Å². The maximum atomic E-state index is 13.4. The van der Waals surface area contributed by atoms with Gasteiger partial charge in [0.1, 0.15) is 18.2 Å². The van der Waals surface area contributed by atoms with E-state index in [1.54, 1.807) is 54.6 Å². The summed E-state index contributed by atoms with van der Waals surface area (Å²) in [6, 6.07) is 17.0. The van der Waals surface area contributed by atoms with Gasteiger partial charge in [-0.3, -0.25) is 20.2 Å². The van der Waals surface area contributed by atoms with Gasteiger partial charge in [-0.05, 0) is 64.3 Å². The third kappa shape index (κ3) is 3.56. The Morgan fingerprint density at radius 3 is 2.68 bits per heavy atom. The smallest absolute Gasteiger partial charge is 0.256 e. The first-order chi connectivity index (χ1) is 16.3. The van der Waals surface area contributed by atoms with Crippen LogP contribution >= 0.6 is 15.9 Å². The van der Waals surface area contributed by atoms with Gasteiger partial charge in [0, 0.05) is 22.2 Å². The van der Waals surface area contributed by atoms with Crippen molar-refractivity contribution >= 4 is 27.5 Å². The van der Waals surface area contributed by atoms with Crippen molar-refractivity contribution in [3.63, 3.8) is 0 Å². The molecule has 0 radical (unpaired) electrons. The van der Waals surface area contributed by atoms with Crippen molar-refractivity contribution < 1.29 is 18.8 Å². The molecule has 1 saturated heterocycles. The summed E-state index contributed by atoms with van der Waals surface area (Å²) in [5, 5.41) is 18.5. The lowest BCUT2D eigenvalue weighted by molar-refractivity contribution is -0.532. The SMILES string of the molecule is C[C@@H]1N[C@]2(C(=O)Nc3ccccc32)[C@@H]([N+](=O)[O-])[C@H]1c1ccc(OCc2cccc(F)c2)c(Br)c1. The van der Waals surface area contributed by atoms with Crippen molar-refractivity contribution in [3.05, 3.63) is 104 Å². The quantitative estimate of drug-likeness (QED) is 0.370. The molecule has 34 heavy (non-hydrogen) atoms. The number of halogens is 2. The molecule has 5 rings (SSSR count). The first-order valence-electron chi connectivity index (χ1n) is 10.8. The van der Waals surface area contributed by atoms with Crippen LogP contribution in [0.3, 0.4) is 0 Å². The zero-order valence-electron chi connectivity index (χ0n) is 18.1.